The quantitative estimate of drug-likeness (QED) is 0.435. The van der Waals surface area contributed by atoms with Crippen molar-refractivity contribution >= 4 is 11.8 Å². The molecule has 2 N–H and O–H groups in total. The SMILES string of the molecule is CC(C)C1=C2[C@H]3CC[C@@H]4[C@]5(C)CC[C@@H](CC(=O)O)C(C)(C)[C@H]5CC[C@@]4(C)[C@]3(C)CC[C@@]2(CO)CC1=O. The highest BCUT2D eigenvalue weighted by molar-refractivity contribution is 6.00. The van der Waals surface area contributed by atoms with Gasteiger partial charge in [-0.25, -0.2) is 0 Å². The molecule has 0 aliphatic heterocycles. The third-order valence-corrected chi connectivity index (χ3v) is 13.5. The minimum absolute atomic E-state index is 0.0360. The highest BCUT2D eigenvalue weighted by atomic mass is 16.4. The summed E-state index contributed by atoms with van der Waals surface area (Å²) in [7, 11) is 0. The summed E-state index contributed by atoms with van der Waals surface area (Å²) >= 11 is 0. The Morgan fingerprint density at radius 2 is 1.61 bits per heavy atom. The number of carbonyl (C=O) groups is 2. The summed E-state index contributed by atoms with van der Waals surface area (Å²) in [6.07, 6.45) is 9.67. The fraction of sp³-hybridized carbons (Fsp3) is 0.875. The lowest BCUT2D eigenvalue weighted by atomic mass is 9.32. The van der Waals surface area contributed by atoms with Crippen LogP contribution in [0.1, 0.15) is 113 Å². The Kier molecular flexibility index (Phi) is 6.00. The molecule has 4 heteroatoms. The number of aliphatic carboxylic acids is 1. The monoisotopic (exact) mass is 498 g/mol. The van der Waals surface area contributed by atoms with E-state index < -0.39 is 5.97 Å². The van der Waals surface area contributed by atoms with E-state index in [4.69, 9.17) is 0 Å². The van der Waals surface area contributed by atoms with Crippen LogP contribution in [0.2, 0.25) is 0 Å². The number of hydrogen-bond donors (Lipinski definition) is 2. The normalized spacial score (nSPS) is 47.8. The number of carbonyl (C=O) groups excluding carboxylic acids is 1. The minimum atomic E-state index is -0.653. The molecule has 0 bridgehead atoms. The smallest absolute Gasteiger partial charge is 0.303 e. The molecular weight excluding hydrogens is 448 g/mol. The zero-order valence-corrected chi connectivity index (χ0v) is 23.9. The zero-order chi connectivity index (χ0) is 26.5. The van der Waals surface area contributed by atoms with Gasteiger partial charge in [-0.15, -0.1) is 0 Å². The summed E-state index contributed by atoms with van der Waals surface area (Å²) in [6, 6.07) is 0. The number of aliphatic hydroxyl groups is 1. The first kappa shape index (κ1) is 26.4. The van der Waals surface area contributed by atoms with Gasteiger partial charge < -0.3 is 10.2 Å². The van der Waals surface area contributed by atoms with E-state index in [0.717, 1.165) is 37.7 Å². The second kappa shape index (κ2) is 8.17. The molecule has 4 saturated carbocycles. The van der Waals surface area contributed by atoms with E-state index in [9.17, 15) is 19.8 Å². The van der Waals surface area contributed by atoms with Crippen molar-refractivity contribution in [3.8, 4) is 0 Å². The Morgan fingerprint density at radius 1 is 0.917 bits per heavy atom. The zero-order valence-electron chi connectivity index (χ0n) is 23.9. The third-order valence-electron chi connectivity index (χ3n) is 13.5. The fourth-order valence-corrected chi connectivity index (χ4v) is 11.6. The number of hydrogen-bond acceptors (Lipinski definition) is 3. The lowest BCUT2D eigenvalue weighted by Crippen LogP contribution is -2.65. The van der Waals surface area contributed by atoms with Crippen LogP contribution in [0.4, 0.5) is 0 Å². The molecule has 8 atom stereocenters. The standard InChI is InChI=1S/C32H50O4/c1-19(2)26-22(34)17-32(18-33)15-14-30(6)21(27(26)32)8-9-24-29(5)12-10-20(16-25(35)36)28(3,4)23(29)11-13-31(24,30)7/h19-21,23-24,33H,8-18H2,1-7H3,(H,35,36)/t20-,21+,23+,24+,29+,30+,31+,32-/m0/s1. The van der Waals surface area contributed by atoms with Crippen LogP contribution in [-0.4, -0.2) is 28.6 Å². The van der Waals surface area contributed by atoms with Gasteiger partial charge in [-0.05, 0) is 108 Å². The summed E-state index contributed by atoms with van der Waals surface area (Å²) in [6.45, 7) is 16.8. The van der Waals surface area contributed by atoms with Crippen molar-refractivity contribution in [3.05, 3.63) is 11.1 Å². The van der Waals surface area contributed by atoms with Crippen LogP contribution in [0.3, 0.4) is 0 Å². The second-order valence-electron chi connectivity index (χ2n) is 15.3. The molecule has 0 amide bonds. The van der Waals surface area contributed by atoms with E-state index in [1.54, 1.807) is 0 Å². The van der Waals surface area contributed by atoms with E-state index in [2.05, 4.69) is 48.5 Å². The molecule has 0 aromatic rings. The second-order valence-corrected chi connectivity index (χ2v) is 15.3. The molecule has 5 aliphatic carbocycles. The summed E-state index contributed by atoms with van der Waals surface area (Å²) in [5.41, 5.74) is 2.68. The molecular formula is C32H50O4. The molecule has 5 rings (SSSR count). The van der Waals surface area contributed by atoms with Gasteiger partial charge in [0.25, 0.3) is 0 Å². The van der Waals surface area contributed by atoms with Gasteiger partial charge in [-0.1, -0.05) is 54.0 Å². The average molecular weight is 499 g/mol. The number of carboxylic acid groups (broad SMARTS) is 1. The number of fused-ring (bicyclic) bond motifs is 7. The number of ketones is 1. The molecule has 202 valence electrons. The number of Topliss-reactive ketones (excluding diaryl/α,β-unsaturated/α-hetero) is 1. The van der Waals surface area contributed by atoms with E-state index in [-0.39, 0.29) is 45.5 Å². The molecule has 4 nitrogen and oxygen atoms in total. The van der Waals surface area contributed by atoms with Crippen LogP contribution in [0.15, 0.2) is 11.1 Å². The van der Waals surface area contributed by atoms with Crippen molar-refractivity contribution in [3.63, 3.8) is 0 Å². The first-order valence-electron chi connectivity index (χ1n) is 14.8. The lowest BCUT2D eigenvalue weighted by molar-refractivity contribution is -0.222. The fourth-order valence-electron chi connectivity index (χ4n) is 11.6. The van der Waals surface area contributed by atoms with Crippen molar-refractivity contribution in [1.82, 2.24) is 0 Å². The van der Waals surface area contributed by atoms with E-state index >= 15 is 0 Å². The molecule has 0 heterocycles. The summed E-state index contributed by atoms with van der Waals surface area (Å²) in [4.78, 5) is 25.0. The van der Waals surface area contributed by atoms with Crippen molar-refractivity contribution in [2.24, 2.45) is 56.7 Å². The maximum atomic E-state index is 13.3. The largest absolute Gasteiger partial charge is 0.481 e. The molecule has 0 aromatic carbocycles. The Morgan fingerprint density at radius 3 is 2.22 bits per heavy atom. The van der Waals surface area contributed by atoms with Crippen LogP contribution in [0.25, 0.3) is 0 Å². The maximum absolute atomic E-state index is 13.3. The van der Waals surface area contributed by atoms with Gasteiger partial charge in [0.1, 0.15) is 0 Å². The average Bonchev–Trinajstić information content (AvgIpc) is 3.09. The Balaban J connectivity index is 1.55. The molecule has 0 aromatic heterocycles. The topological polar surface area (TPSA) is 74.6 Å². The van der Waals surface area contributed by atoms with Crippen LogP contribution in [-0.2, 0) is 9.59 Å². The summed E-state index contributed by atoms with van der Waals surface area (Å²) in [5.74, 6) is 1.68. The maximum Gasteiger partial charge on any atom is 0.303 e. The first-order chi connectivity index (χ1) is 16.7. The van der Waals surface area contributed by atoms with Gasteiger partial charge in [0.15, 0.2) is 5.78 Å². The molecule has 4 fully saturated rings. The Hall–Kier alpha value is -1.16. The predicted octanol–water partition coefficient (Wildman–Crippen LogP) is 7.05. The number of allylic oxidation sites excluding steroid dienone is 1. The molecule has 0 unspecified atom stereocenters. The van der Waals surface area contributed by atoms with Gasteiger partial charge in [0.2, 0.25) is 0 Å². The van der Waals surface area contributed by atoms with Crippen LogP contribution >= 0.6 is 0 Å². The molecule has 36 heavy (non-hydrogen) atoms. The van der Waals surface area contributed by atoms with Gasteiger partial charge in [-0.2, -0.15) is 0 Å². The summed E-state index contributed by atoms with van der Waals surface area (Å²) < 4.78 is 0. The minimum Gasteiger partial charge on any atom is -0.481 e. The van der Waals surface area contributed by atoms with Crippen molar-refractivity contribution in [2.75, 3.05) is 6.61 Å². The first-order valence-corrected chi connectivity index (χ1v) is 14.8. The molecule has 0 saturated heterocycles. The molecule has 0 radical (unpaired) electrons. The van der Waals surface area contributed by atoms with Gasteiger partial charge >= 0.3 is 5.97 Å². The van der Waals surface area contributed by atoms with Crippen LogP contribution < -0.4 is 0 Å². The highest BCUT2D eigenvalue weighted by Crippen LogP contribution is 2.77. The predicted molar refractivity (Wildman–Crippen MR) is 142 cm³/mol. The summed E-state index contributed by atoms with van der Waals surface area (Å²) in [5, 5.41) is 20.3. The van der Waals surface area contributed by atoms with Crippen molar-refractivity contribution in [1.29, 1.82) is 0 Å². The molecule has 5 aliphatic rings. The molecule has 0 spiro atoms. The van der Waals surface area contributed by atoms with Crippen molar-refractivity contribution in [2.45, 2.75) is 113 Å². The third kappa shape index (κ3) is 3.21. The Bertz CT molecular complexity index is 992. The van der Waals surface area contributed by atoms with Crippen LogP contribution in [0, 0.1) is 56.7 Å². The van der Waals surface area contributed by atoms with Gasteiger partial charge in [-0.3, -0.25) is 9.59 Å². The van der Waals surface area contributed by atoms with E-state index in [1.807, 2.05) is 0 Å². The highest BCUT2D eigenvalue weighted by Gasteiger charge is 2.69. The number of aliphatic hydroxyl groups excluding tert-OH is 1. The van der Waals surface area contributed by atoms with Crippen molar-refractivity contribution < 1.29 is 19.8 Å². The lowest BCUT2D eigenvalue weighted by Gasteiger charge is -2.72. The van der Waals surface area contributed by atoms with Gasteiger partial charge in [0, 0.05) is 18.3 Å². The van der Waals surface area contributed by atoms with Crippen LogP contribution in [0.5, 0.6) is 0 Å². The Labute approximate surface area is 218 Å². The van der Waals surface area contributed by atoms with Gasteiger partial charge in [0.05, 0.1) is 6.61 Å². The van der Waals surface area contributed by atoms with E-state index in [0.29, 0.717) is 36.4 Å². The number of rotatable bonds is 4. The number of carboxylic acids is 1. The van der Waals surface area contributed by atoms with E-state index in [1.165, 1.54) is 24.8 Å².